The predicted molar refractivity (Wildman–Crippen MR) is 91.3 cm³/mol. The average molecular weight is 392 g/mol. The van der Waals surface area contributed by atoms with Crippen LogP contribution in [-0.2, 0) is 6.54 Å². The Hall–Kier alpha value is -0.790. The summed E-state index contributed by atoms with van der Waals surface area (Å²) in [6.07, 6.45) is 8.44. The molecule has 1 saturated carbocycles. The number of rotatable bonds is 4. The number of hydrogen-bond acceptors (Lipinski definition) is 3. The van der Waals surface area contributed by atoms with Gasteiger partial charge in [-0.2, -0.15) is 0 Å². The van der Waals surface area contributed by atoms with Gasteiger partial charge < -0.3 is 14.7 Å². The number of halogens is 1. The van der Waals surface area contributed by atoms with Crippen LogP contribution in [0.2, 0.25) is 0 Å². The van der Waals surface area contributed by atoms with E-state index in [0.29, 0.717) is 6.54 Å². The highest BCUT2D eigenvalue weighted by atomic mass is 127. The van der Waals surface area contributed by atoms with Crippen LogP contribution >= 0.6 is 24.0 Å². The lowest BCUT2D eigenvalue weighted by molar-refractivity contribution is 0.348. The minimum absolute atomic E-state index is 0. The van der Waals surface area contributed by atoms with E-state index < -0.39 is 0 Å². The number of guanidine groups is 1. The van der Waals surface area contributed by atoms with Gasteiger partial charge in [-0.15, -0.1) is 24.0 Å². The molecule has 2 rings (SSSR count). The van der Waals surface area contributed by atoms with E-state index in [1.807, 2.05) is 20.2 Å². The van der Waals surface area contributed by atoms with E-state index in [9.17, 15) is 0 Å². The van der Waals surface area contributed by atoms with Crippen LogP contribution in [-0.4, -0.2) is 36.7 Å². The molecule has 114 valence electrons. The summed E-state index contributed by atoms with van der Waals surface area (Å²) in [5.41, 5.74) is 0.920. The van der Waals surface area contributed by atoms with Crippen LogP contribution in [0.4, 0.5) is 0 Å². The first-order valence-corrected chi connectivity index (χ1v) is 7.10. The molecular weight excluding hydrogens is 367 g/mol. The van der Waals surface area contributed by atoms with Gasteiger partial charge in [-0.25, -0.2) is 0 Å². The summed E-state index contributed by atoms with van der Waals surface area (Å²) in [4.78, 5) is 6.40. The van der Waals surface area contributed by atoms with Gasteiger partial charge in [-0.05, 0) is 18.8 Å². The monoisotopic (exact) mass is 392 g/mol. The van der Waals surface area contributed by atoms with E-state index in [1.54, 1.807) is 6.26 Å². The molecule has 0 amide bonds. The SMILES string of the molecule is CN=C(NCC1CCCCC1)N(C)Cc1ccon1.I. The molecule has 20 heavy (non-hydrogen) atoms. The van der Waals surface area contributed by atoms with Crippen LogP contribution in [0.15, 0.2) is 21.8 Å². The highest BCUT2D eigenvalue weighted by molar-refractivity contribution is 14.0. The van der Waals surface area contributed by atoms with Gasteiger partial charge in [0.1, 0.15) is 12.0 Å². The molecule has 0 spiro atoms. The second-order valence-corrected chi connectivity index (χ2v) is 5.28. The largest absolute Gasteiger partial charge is 0.364 e. The molecule has 5 nitrogen and oxygen atoms in total. The molecule has 1 heterocycles. The van der Waals surface area contributed by atoms with Crippen LogP contribution in [0, 0.1) is 5.92 Å². The number of hydrogen-bond donors (Lipinski definition) is 1. The van der Waals surface area contributed by atoms with Gasteiger partial charge in [0.2, 0.25) is 0 Å². The zero-order chi connectivity index (χ0) is 13.5. The summed E-state index contributed by atoms with van der Waals surface area (Å²) in [5, 5.41) is 7.39. The Morgan fingerprint density at radius 1 is 1.45 bits per heavy atom. The summed E-state index contributed by atoms with van der Waals surface area (Å²) >= 11 is 0. The zero-order valence-electron chi connectivity index (χ0n) is 12.3. The Morgan fingerprint density at radius 3 is 2.80 bits per heavy atom. The molecule has 1 aromatic rings. The highest BCUT2D eigenvalue weighted by Gasteiger charge is 2.15. The lowest BCUT2D eigenvalue weighted by atomic mass is 9.89. The van der Waals surface area contributed by atoms with Crippen LogP contribution < -0.4 is 5.32 Å². The highest BCUT2D eigenvalue weighted by Crippen LogP contribution is 2.22. The van der Waals surface area contributed by atoms with Crippen molar-refractivity contribution in [3.05, 3.63) is 18.0 Å². The maximum absolute atomic E-state index is 4.85. The predicted octanol–water partition coefficient (Wildman–Crippen LogP) is 2.88. The first-order chi connectivity index (χ1) is 9.29. The lowest BCUT2D eigenvalue weighted by Gasteiger charge is -2.26. The maximum Gasteiger partial charge on any atom is 0.193 e. The Morgan fingerprint density at radius 2 is 2.20 bits per heavy atom. The van der Waals surface area contributed by atoms with Crippen molar-refractivity contribution in [2.75, 3.05) is 20.6 Å². The van der Waals surface area contributed by atoms with Crippen molar-refractivity contribution in [1.29, 1.82) is 0 Å². The fraction of sp³-hybridized carbons (Fsp3) is 0.714. The van der Waals surface area contributed by atoms with Gasteiger partial charge in [-0.3, -0.25) is 4.99 Å². The van der Waals surface area contributed by atoms with Gasteiger partial charge in [0, 0.05) is 26.7 Å². The molecule has 0 atom stereocenters. The normalized spacial score (nSPS) is 16.6. The summed E-state index contributed by atoms with van der Waals surface area (Å²) in [6, 6.07) is 1.88. The average Bonchev–Trinajstić information content (AvgIpc) is 2.93. The summed E-state index contributed by atoms with van der Waals surface area (Å²) in [6.45, 7) is 1.73. The Balaban J connectivity index is 0.00000200. The molecule has 0 saturated heterocycles. The molecule has 1 aliphatic carbocycles. The van der Waals surface area contributed by atoms with Crippen molar-refractivity contribution in [1.82, 2.24) is 15.4 Å². The number of nitrogens with zero attached hydrogens (tertiary/aromatic N) is 3. The van der Waals surface area contributed by atoms with Gasteiger partial charge in [-0.1, -0.05) is 24.4 Å². The smallest absolute Gasteiger partial charge is 0.193 e. The van der Waals surface area contributed by atoms with E-state index in [2.05, 4.69) is 20.4 Å². The molecule has 1 N–H and O–H groups in total. The van der Waals surface area contributed by atoms with Crippen LogP contribution in [0.3, 0.4) is 0 Å². The molecule has 0 aromatic carbocycles. The molecule has 1 aliphatic rings. The molecular formula is C14H25IN4O. The van der Waals surface area contributed by atoms with E-state index in [-0.39, 0.29) is 24.0 Å². The van der Waals surface area contributed by atoms with Crippen molar-refractivity contribution in [2.24, 2.45) is 10.9 Å². The lowest BCUT2D eigenvalue weighted by Crippen LogP contribution is -2.41. The third-order valence-electron chi connectivity index (χ3n) is 3.74. The van der Waals surface area contributed by atoms with E-state index >= 15 is 0 Å². The van der Waals surface area contributed by atoms with Gasteiger partial charge in [0.25, 0.3) is 0 Å². The molecule has 1 fully saturated rings. The van der Waals surface area contributed by atoms with E-state index in [4.69, 9.17) is 4.52 Å². The second kappa shape index (κ2) is 9.20. The molecule has 6 heteroatoms. The fourth-order valence-corrected chi connectivity index (χ4v) is 2.65. The summed E-state index contributed by atoms with van der Waals surface area (Å²) in [7, 11) is 3.84. The molecule has 0 aliphatic heterocycles. The van der Waals surface area contributed by atoms with Crippen molar-refractivity contribution in [2.45, 2.75) is 38.6 Å². The number of aromatic nitrogens is 1. The number of nitrogens with one attached hydrogen (secondary N) is 1. The minimum atomic E-state index is 0. The maximum atomic E-state index is 4.85. The molecule has 0 bridgehead atoms. The topological polar surface area (TPSA) is 53.7 Å². The van der Waals surface area contributed by atoms with Crippen molar-refractivity contribution in [3.63, 3.8) is 0 Å². The van der Waals surface area contributed by atoms with Crippen LogP contribution in [0.5, 0.6) is 0 Å². The summed E-state index contributed by atoms with van der Waals surface area (Å²) < 4.78 is 4.85. The van der Waals surface area contributed by atoms with Crippen molar-refractivity contribution >= 4 is 29.9 Å². The Labute approximate surface area is 138 Å². The quantitative estimate of drug-likeness (QED) is 0.487. The van der Waals surface area contributed by atoms with Gasteiger partial charge in [0.15, 0.2) is 5.96 Å². The Kier molecular flexibility index (Phi) is 7.94. The van der Waals surface area contributed by atoms with Crippen molar-refractivity contribution < 1.29 is 4.52 Å². The van der Waals surface area contributed by atoms with Crippen LogP contribution in [0.1, 0.15) is 37.8 Å². The first kappa shape index (κ1) is 17.3. The molecule has 1 aromatic heterocycles. The Bertz CT molecular complexity index is 388. The van der Waals surface area contributed by atoms with Crippen LogP contribution in [0.25, 0.3) is 0 Å². The van der Waals surface area contributed by atoms with Gasteiger partial charge in [0.05, 0.1) is 6.54 Å². The van der Waals surface area contributed by atoms with Crippen molar-refractivity contribution in [3.8, 4) is 0 Å². The van der Waals surface area contributed by atoms with E-state index in [0.717, 1.165) is 24.1 Å². The standard InChI is InChI=1S/C14H24N4O.HI/c1-15-14(16-10-12-6-4-3-5-7-12)18(2)11-13-8-9-19-17-13;/h8-9,12H,3-7,10-11H2,1-2H3,(H,15,16);1H. The minimum Gasteiger partial charge on any atom is -0.364 e. The third kappa shape index (κ3) is 5.30. The zero-order valence-corrected chi connectivity index (χ0v) is 14.7. The fourth-order valence-electron chi connectivity index (χ4n) is 2.65. The summed E-state index contributed by atoms with van der Waals surface area (Å²) in [5.74, 6) is 1.72. The third-order valence-corrected chi connectivity index (χ3v) is 3.74. The first-order valence-electron chi connectivity index (χ1n) is 7.10. The van der Waals surface area contributed by atoms with Gasteiger partial charge >= 0.3 is 0 Å². The number of aliphatic imine (C=N–C) groups is 1. The van der Waals surface area contributed by atoms with E-state index in [1.165, 1.54) is 32.1 Å². The molecule has 0 unspecified atom stereocenters. The second-order valence-electron chi connectivity index (χ2n) is 5.28. The molecule has 0 radical (unpaired) electrons.